The van der Waals surface area contributed by atoms with Crippen LogP contribution in [0.3, 0.4) is 0 Å². The smallest absolute Gasteiger partial charge is 0.249 e. The molecule has 130 valence electrons. The van der Waals surface area contributed by atoms with E-state index >= 15 is 0 Å². The topological polar surface area (TPSA) is 142 Å². The third-order valence-electron chi connectivity index (χ3n) is 2.93. The van der Waals surface area contributed by atoms with Gasteiger partial charge in [0, 0.05) is 24.4 Å². The summed E-state index contributed by atoms with van der Waals surface area (Å²) in [5, 5.41) is 21.2. The first-order chi connectivity index (χ1) is 10.6. The van der Waals surface area contributed by atoms with E-state index < -0.39 is 33.2 Å². The Morgan fingerprint density at radius 1 is 1.39 bits per heavy atom. The first-order valence-electron chi connectivity index (χ1n) is 6.62. The maximum absolute atomic E-state index is 11.8. The summed E-state index contributed by atoms with van der Waals surface area (Å²) in [4.78, 5) is 19.3. The molecule has 0 spiro atoms. The second kappa shape index (κ2) is 7.99. The zero-order valence-electron chi connectivity index (χ0n) is 12.7. The van der Waals surface area contributed by atoms with E-state index in [1.807, 2.05) is 0 Å². The predicted octanol–water partition coefficient (Wildman–Crippen LogP) is -0.524. The average Bonchev–Trinajstić information content (AvgIpc) is 2.48. The zero-order chi connectivity index (χ0) is 17.7. The van der Waals surface area contributed by atoms with Gasteiger partial charge in [-0.3, -0.25) is 9.52 Å². The summed E-state index contributed by atoms with van der Waals surface area (Å²) < 4.78 is 26.4. The minimum Gasteiger partial charge on any atom is -0.396 e. The van der Waals surface area contributed by atoms with Crippen molar-refractivity contribution in [1.82, 2.24) is 15.3 Å². The molecule has 1 unspecified atom stereocenters. The number of halogens is 1. The third-order valence-corrected chi connectivity index (χ3v) is 4.58. The standard InChI is InChI=1S/C12H19BrN4O5S/c1-12(2,7-18)9(19)10(20)14-3-4-23(21,22)17-11-15-5-8(13)6-16-11/h5-6,9,18-19H,3-4,7H2,1-2H3,(H,14,20)(H,15,16,17). The first-order valence-corrected chi connectivity index (χ1v) is 9.06. The van der Waals surface area contributed by atoms with Gasteiger partial charge in [-0.1, -0.05) is 13.8 Å². The molecule has 1 aromatic rings. The Labute approximate surface area is 142 Å². The summed E-state index contributed by atoms with van der Waals surface area (Å²) in [5.74, 6) is -1.25. The van der Waals surface area contributed by atoms with Gasteiger partial charge in [-0.2, -0.15) is 0 Å². The summed E-state index contributed by atoms with van der Waals surface area (Å²) in [6.45, 7) is 2.44. The molecule has 1 atom stereocenters. The van der Waals surface area contributed by atoms with Crippen LogP contribution in [0.15, 0.2) is 16.9 Å². The van der Waals surface area contributed by atoms with Gasteiger partial charge in [-0.05, 0) is 15.9 Å². The number of hydrogen-bond acceptors (Lipinski definition) is 7. The van der Waals surface area contributed by atoms with Gasteiger partial charge in [0.25, 0.3) is 0 Å². The molecule has 0 aliphatic heterocycles. The van der Waals surface area contributed by atoms with E-state index in [4.69, 9.17) is 5.11 Å². The van der Waals surface area contributed by atoms with Crippen LogP contribution in [0.5, 0.6) is 0 Å². The van der Waals surface area contributed by atoms with E-state index in [0.29, 0.717) is 4.47 Å². The Balaban J connectivity index is 2.51. The molecule has 0 aliphatic rings. The predicted molar refractivity (Wildman–Crippen MR) is 87.0 cm³/mol. The van der Waals surface area contributed by atoms with Crippen molar-refractivity contribution in [2.45, 2.75) is 20.0 Å². The van der Waals surface area contributed by atoms with Crippen LogP contribution >= 0.6 is 15.9 Å². The lowest BCUT2D eigenvalue weighted by Gasteiger charge is -2.27. The fourth-order valence-corrected chi connectivity index (χ4v) is 2.46. The second-order valence-electron chi connectivity index (χ2n) is 5.49. The number of anilines is 1. The number of sulfonamides is 1. The monoisotopic (exact) mass is 410 g/mol. The van der Waals surface area contributed by atoms with Crippen molar-refractivity contribution >= 4 is 37.8 Å². The van der Waals surface area contributed by atoms with Crippen molar-refractivity contribution in [3.8, 4) is 0 Å². The molecule has 1 aromatic heterocycles. The van der Waals surface area contributed by atoms with Crippen molar-refractivity contribution in [2.75, 3.05) is 23.6 Å². The Morgan fingerprint density at radius 2 is 1.96 bits per heavy atom. The quantitative estimate of drug-likeness (QED) is 0.451. The molecule has 0 fully saturated rings. The van der Waals surface area contributed by atoms with Crippen LogP contribution in [0.1, 0.15) is 13.8 Å². The lowest BCUT2D eigenvalue weighted by atomic mass is 9.87. The van der Waals surface area contributed by atoms with Crippen LogP contribution in [0, 0.1) is 5.41 Å². The molecule has 0 bridgehead atoms. The molecular formula is C12H19BrN4O5S. The summed E-state index contributed by atoms with van der Waals surface area (Å²) >= 11 is 3.13. The third kappa shape index (κ3) is 6.37. The minimum absolute atomic E-state index is 0.0824. The van der Waals surface area contributed by atoms with Crippen molar-refractivity contribution in [2.24, 2.45) is 5.41 Å². The van der Waals surface area contributed by atoms with E-state index in [1.165, 1.54) is 26.2 Å². The van der Waals surface area contributed by atoms with Crippen LogP contribution in [-0.2, 0) is 14.8 Å². The molecule has 11 heteroatoms. The van der Waals surface area contributed by atoms with E-state index in [9.17, 15) is 18.3 Å². The Bertz CT molecular complexity index is 635. The Kier molecular flexibility index (Phi) is 6.86. The number of hydrogen-bond donors (Lipinski definition) is 4. The van der Waals surface area contributed by atoms with Gasteiger partial charge in [-0.25, -0.2) is 18.4 Å². The number of aromatic nitrogens is 2. The summed E-state index contributed by atoms with van der Waals surface area (Å²) in [6, 6.07) is 0. The molecule has 0 saturated heterocycles. The number of aliphatic hydroxyl groups is 2. The molecule has 0 aromatic carbocycles. The van der Waals surface area contributed by atoms with Crippen molar-refractivity contribution in [3.63, 3.8) is 0 Å². The van der Waals surface area contributed by atoms with Gasteiger partial charge >= 0.3 is 0 Å². The van der Waals surface area contributed by atoms with Crippen LogP contribution in [0.2, 0.25) is 0 Å². The van der Waals surface area contributed by atoms with Gasteiger partial charge in [0.05, 0.1) is 16.8 Å². The number of rotatable bonds is 8. The fourth-order valence-electron chi connectivity index (χ4n) is 1.40. The number of amides is 1. The van der Waals surface area contributed by atoms with Crippen molar-refractivity contribution in [1.29, 1.82) is 0 Å². The van der Waals surface area contributed by atoms with Crippen LogP contribution in [0.4, 0.5) is 5.95 Å². The fraction of sp³-hybridized carbons (Fsp3) is 0.583. The van der Waals surface area contributed by atoms with E-state index in [2.05, 4.69) is 35.9 Å². The Morgan fingerprint density at radius 3 is 2.48 bits per heavy atom. The van der Waals surface area contributed by atoms with Gasteiger partial charge in [0.2, 0.25) is 21.9 Å². The summed E-state index contributed by atoms with van der Waals surface area (Å²) in [5.41, 5.74) is -1.02. The van der Waals surface area contributed by atoms with Gasteiger partial charge < -0.3 is 15.5 Å². The maximum Gasteiger partial charge on any atom is 0.249 e. The highest BCUT2D eigenvalue weighted by Crippen LogP contribution is 2.19. The number of carbonyl (C=O) groups is 1. The van der Waals surface area contributed by atoms with E-state index in [0.717, 1.165) is 0 Å². The second-order valence-corrected chi connectivity index (χ2v) is 8.24. The molecule has 1 amide bonds. The number of nitrogens with zero attached hydrogens (tertiary/aromatic N) is 2. The highest BCUT2D eigenvalue weighted by Gasteiger charge is 2.32. The number of nitrogens with one attached hydrogen (secondary N) is 2. The molecule has 0 aliphatic carbocycles. The van der Waals surface area contributed by atoms with Gasteiger partial charge in [0.1, 0.15) is 6.10 Å². The SMILES string of the molecule is CC(C)(CO)C(O)C(=O)NCCS(=O)(=O)Nc1ncc(Br)cn1. The lowest BCUT2D eigenvalue weighted by molar-refractivity contribution is -0.136. The average molecular weight is 411 g/mol. The molecule has 4 N–H and O–H groups in total. The molecule has 1 rings (SSSR count). The normalized spacial score (nSPS) is 13.4. The van der Waals surface area contributed by atoms with Crippen LogP contribution in [-0.4, -0.2) is 59.5 Å². The molecule has 0 saturated carbocycles. The van der Waals surface area contributed by atoms with Crippen molar-refractivity contribution in [3.05, 3.63) is 16.9 Å². The number of carbonyl (C=O) groups excluding carboxylic acids is 1. The van der Waals surface area contributed by atoms with E-state index in [1.54, 1.807) is 0 Å². The molecular weight excluding hydrogens is 392 g/mol. The minimum atomic E-state index is -3.75. The van der Waals surface area contributed by atoms with Gasteiger partial charge in [0.15, 0.2) is 0 Å². The molecule has 1 heterocycles. The lowest BCUT2D eigenvalue weighted by Crippen LogP contribution is -2.46. The maximum atomic E-state index is 11.8. The summed E-state index contributed by atoms with van der Waals surface area (Å²) in [7, 11) is -3.75. The largest absolute Gasteiger partial charge is 0.396 e. The van der Waals surface area contributed by atoms with E-state index in [-0.39, 0.29) is 19.1 Å². The highest BCUT2D eigenvalue weighted by atomic mass is 79.9. The molecule has 9 nitrogen and oxygen atoms in total. The van der Waals surface area contributed by atoms with Crippen molar-refractivity contribution < 1.29 is 23.4 Å². The highest BCUT2D eigenvalue weighted by molar-refractivity contribution is 9.10. The first kappa shape index (κ1) is 19.7. The van der Waals surface area contributed by atoms with Gasteiger partial charge in [-0.15, -0.1) is 0 Å². The number of aliphatic hydroxyl groups excluding tert-OH is 2. The Hall–Kier alpha value is -1.30. The summed E-state index contributed by atoms with van der Waals surface area (Å²) in [6.07, 6.45) is 1.33. The van der Waals surface area contributed by atoms with Crippen LogP contribution < -0.4 is 10.0 Å². The van der Waals surface area contributed by atoms with Crippen LogP contribution in [0.25, 0.3) is 0 Å². The molecule has 0 radical (unpaired) electrons. The molecule has 23 heavy (non-hydrogen) atoms. The zero-order valence-corrected chi connectivity index (χ0v) is 15.1.